The summed E-state index contributed by atoms with van der Waals surface area (Å²) in [5.74, 6) is -1.89. The lowest BCUT2D eigenvalue weighted by atomic mass is 10.0. The fourth-order valence-corrected chi connectivity index (χ4v) is 1.45. The molecule has 0 amide bonds. The molecule has 1 aromatic carbocycles. The van der Waals surface area contributed by atoms with Crippen molar-refractivity contribution in [3.63, 3.8) is 0 Å². The van der Waals surface area contributed by atoms with Gasteiger partial charge in [0.1, 0.15) is 0 Å². The molecule has 76 valence electrons. The summed E-state index contributed by atoms with van der Waals surface area (Å²) >= 11 is 0. The summed E-state index contributed by atoms with van der Waals surface area (Å²) in [4.78, 5) is 0. The summed E-state index contributed by atoms with van der Waals surface area (Å²) in [5.41, 5.74) is 5.88. The molecule has 1 saturated carbocycles. The molecule has 0 spiro atoms. The zero-order valence-corrected chi connectivity index (χ0v) is 7.63. The first-order valence-corrected chi connectivity index (χ1v) is 4.50. The highest BCUT2D eigenvalue weighted by Crippen LogP contribution is 2.38. The number of hydrogen-bond acceptors (Lipinski definition) is 3. The van der Waals surface area contributed by atoms with Crippen LogP contribution in [0.4, 0.5) is 4.39 Å². The molecule has 0 aliphatic heterocycles. The first-order chi connectivity index (χ1) is 6.52. The Morgan fingerprint density at radius 1 is 1.36 bits per heavy atom. The maximum absolute atomic E-state index is 13.4. The van der Waals surface area contributed by atoms with Gasteiger partial charge in [0.2, 0.25) is 0 Å². The molecule has 2 rings (SSSR count). The second kappa shape index (κ2) is 2.85. The standard InChI is InChI=1S/C10H12FNO2/c11-8-6(5-10(12)3-4-10)1-2-7(13)9(8)14/h1-2,13-14H,3-5,12H2. The van der Waals surface area contributed by atoms with Crippen molar-refractivity contribution in [1.29, 1.82) is 0 Å². The first kappa shape index (κ1) is 9.27. The minimum absolute atomic E-state index is 0.301. The summed E-state index contributed by atoms with van der Waals surface area (Å²) in [6.45, 7) is 0. The topological polar surface area (TPSA) is 66.5 Å². The van der Waals surface area contributed by atoms with Crippen LogP contribution in [0.25, 0.3) is 0 Å². The van der Waals surface area contributed by atoms with E-state index in [1.54, 1.807) is 0 Å². The van der Waals surface area contributed by atoms with Gasteiger partial charge in [-0.25, -0.2) is 4.39 Å². The van der Waals surface area contributed by atoms with Crippen LogP contribution in [-0.4, -0.2) is 15.8 Å². The molecule has 0 heterocycles. The lowest BCUT2D eigenvalue weighted by molar-refractivity contribution is 0.375. The van der Waals surface area contributed by atoms with Crippen LogP contribution in [0.1, 0.15) is 18.4 Å². The Labute approximate surface area is 81.0 Å². The van der Waals surface area contributed by atoms with Gasteiger partial charge in [-0.15, -0.1) is 0 Å². The van der Waals surface area contributed by atoms with Crippen molar-refractivity contribution >= 4 is 0 Å². The first-order valence-electron chi connectivity index (χ1n) is 4.50. The monoisotopic (exact) mass is 197 g/mol. The van der Waals surface area contributed by atoms with Crippen molar-refractivity contribution < 1.29 is 14.6 Å². The number of nitrogens with two attached hydrogens (primary N) is 1. The Morgan fingerprint density at radius 2 is 2.00 bits per heavy atom. The number of rotatable bonds is 2. The number of benzene rings is 1. The Balaban J connectivity index is 2.30. The summed E-state index contributed by atoms with van der Waals surface area (Å²) in [6, 6.07) is 2.73. The molecule has 1 aliphatic rings. The van der Waals surface area contributed by atoms with Crippen molar-refractivity contribution in [3.05, 3.63) is 23.5 Å². The second-order valence-electron chi connectivity index (χ2n) is 3.95. The van der Waals surface area contributed by atoms with Crippen LogP contribution < -0.4 is 5.73 Å². The maximum Gasteiger partial charge on any atom is 0.194 e. The number of aromatic hydroxyl groups is 2. The Hall–Kier alpha value is -1.29. The van der Waals surface area contributed by atoms with Crippen LogP contribution in [0.3, 0.4) is 0 Å². The molecule has 0 atom stereocenters. The zero-order chi connectivity index (χ0) is 10.3. The van der Waals surface area contributed by atoms with Gasteiger partial charge < -0.3 is 15.9 Å². The van der Waals surface area contributed by atoms with Gasteiger partial charge in [-0.1, -0.05) is 6.07 Å². The molecule has 0 radical (unpaired) electrons. The van der Waals surface area contributed by atoms with Gasteiger partial charge in [0.15, 0.2) is 17.3 Å². The fourth-order valence-electron chi connectivity index (χ4n) is 1.45. The van der Waals surface area contributed by atoms with E-state index in [2.05, 4.69) is 0 Å². The van der Waals surface area contributed by atoms with Gasteiger partial charge in [0.25, 0.3) is 0 Å². The molecule has 4 N–H and O–H groups in total. The van der Waals surface area contributed by atoms with Crippen molar-refractivity contribution in [2.24, 2.45) is 5.73 Å². The summed E-state index contributed by atoms with van der Waals surface area (Å²) in [6.07, 6.45) is 2.18. The second-order valence-corrected chi connectivity index (χ2v) is 3.95. The normalized spacial score (nSPS) is 18.1. The number of phenolic OH excluding ortho intramolecular Hbond substituents is 2. The molecule has 4 heteroatoms. The average molecular weight is 197 g/mol. The van der Waals surface area contributed by atoms with Crippen molar-refractivity contribution in [2.45, 2.75) is 24.8 Å². The van der Waals surface area contributed by atoms with E-state index in [0.717, 1.165) is 12.8 Å². The van der Waals surface area contributed by atoms with E-state index in [0.29, 0.717) is 12.0 Å². The number of phenols is 2. The third-order valence-corrected chi connectivity index (χ3v) is 2.61. The van der Waals surface area contributed by atoms with Crippen LogP contribution in [0.5, 0.6) is 11.5 Å². The quantitative estimate of drug-likeness (QED) is 0.625. The smallest absolute Gasteiger partial charge is 0.194 e. The Bertz CT molecular complexity index is 375. The molecule has 3 nitrogen and oxygen atoms in total. The minimum Gasteiger partial charge on any atom is -0.504 e. The van der Waals surface area contributed by atoms with Gasteiger partial charge in [-0.2, -0.15) is 0 Å². The Morgan fingerprint density at radius 3 is 2.57 bits per heavy atom. The van der Waals surface area contributed by atoms with Crippen molar-refractivity contribution in [1.82, 2.24) is 0 Å². The summed E-state index contributed by atoms with van der Waals surface area (Å²) in [7, 11) is 0. The van der Waals surface area contributed by atoms with Crippen LogP contribution in [0.15, 0.2) is 12.1 Å². The molecule has 0 aromatic heterocycles. The SMILES string of the molecule is NC1(Cc2ccc(O)c(O)c2F)CC1. The van der Waals surface area contributed by atoms with E-state index >= 15 is 0 Å². The van der Waals surface area contributed by atoms with E-state index in [1.807, 2.05) is 0 Å². The summed E-state index contributed by atoms with van der Waals surface area (Å²) < 4.78 is 13.4. The maximum atomic E-state index is 13.4. The van der Waals surface area contributed by atoms with Crippen LogP contribution >= 0.6 is 0 Å². The van der Waals surface area contributed by atoms with Crippen LogP contribution in [0.2, 0.25) is 0 Å². The lowest BCUT2D eigenvalue weighted by Crippen LogP contribution is -2.24. The van der Waals surface area contributed by atoms with Gasteiger partial charge >= 0.3 is 0 Å². The highest BCUT2D eigenvalue weighted by atomic mass is 19.1. The summed E-state index contributed by atoms with van der Waals surface area (Å²) in [5, 5.41) is 18.2. The molecular weight excluding hydrogens is 185 g/mol. The van der Waals surface area contributed by atoms with Gasteiger partial charge in [0, 0.05) is 5.54 Å². The number of halogens is 1. The molecule has 1 aromatic rings. The van der Waals surface area contributed by atoms with E-state index in [9.17, 15) is 4.39 Å². The third-order valence-electron chi connectivity index (χ3n) is 2.61. The number of hydrogen-bond donors (Lipinski definition) is 3. The average Bonchev–Trinajstić information content (AvgIpc) is 2.86. The van der Waals surface area contributed by atoms with Gasteiger partial charge in [0.05, 0.1) is 0 Å². The Kier molecular flexibility index (Phi) is 1.89. The molecular formula is C10H12FNO2. The van der Waals surface area contributed by atoms with Crippen LogP contribution in [-0.2, 0) is 6.42 Å². The van der Waals surface area contributed by atoms with Crippen molar-refractivity contribution in [2.75, 3.05) is 0 Å². The van der Waals surface area contributed by atoms with Gasteiger partial charge in [-0.3, -0.25) is 0 Å². The predicted octanol–water partition coefficient (Wildman–Crippen LogP) is 1.27. The van der Waals surface area contributed by atoms with Crippen LogP contribution in [0, 0.1) is 5.82 Å². The lowest BCUT2D eigenvalue weighted by Gasteiger charge is -2.10. The molecule has 1 aliphatic carbocycles. The van der Waals surface area contributed by atoms with E-state index in [1.165, 1.54) is 12.1 Å². The molecule has 0 saturated heterocycles. The zero-order valence-electron chi connectivity index (χ0n) is 7.63. The predicted molar refractivity (Wildman–Crippen MR) is 49.6 cm³/mol. The highest BCUT2D eigenvalue weighted by molar-refractivity contribution is 5.43. The largest absolute Gasteiger partial charge is 0.504 e. The minimum atomic E-state index is -0.762. The van der Waals surface area contributed by atoms with E-state index in [-0.39, 0.29) is 5.54 Å². The van der Waals surface area contributed by atoms with E-state index < -0.39 is 17.3 Å². The van der Waals surface area contributed by atoms with E-state index in [4.69, 9.17) is 15.9 Å². The molecule has 0 bridgehead atoms. The van der Waals surface area contributed by atoms with Gasteiger partial charge in [-0.05, 0) is 30.9 Å². The molecule has 14 heavy (non-hydrogen) atoms. The third kappa shape index (κ3) is 1.53. The molecule has 1 fully saturated rings. The van der Waals surface area contributed by atoms with Crippen molar-refractivity contribution in [3.8, 4) is 11.5 Å². The fraction of sp³-hybridized carbons (Fsp3) is 0.400. The highest BCUT2D eigenvalue weighted by Gasteiger charge is 2.39. The molecule has 0 unspecified atom stereocenters.